The van der Waals surface area contributed by atoms with Crippen LogP contribution in [0.2, 0.25) is 5.02 Å². The number of nitrogens with zero attached hydrogens (tertiary/aromatic N) is 2. The van der Waals surface area contributed by atoms with Gasteiger partial charge in [0.2, 0.25) is 0 Å². The average Bonchev–Trinajstić information content (AvgIpc) is 2.22. The number of rotatable bonds is 1. The van der Waals surface area contributed by atoms with E-state index in [-0.39, 0.29) is 0 Å². The van der Waals surface area contributed by atoms with E-state index in [0.717, 1.165) is 23.4 Å². The highest BCUT2D eigenvalue weighted by Crippen LogP contribution is 2.28. The van der Waals surface area contributed by atoms with Gasteiger partial charge in [0.25, 0.3) is 0 Å². The fourth-order valence-corrected chi connectivity index (χ4v) is 2.67. The van der Waals surface area contributed by atoms with E-state index in [9.17, 15) is 0 Å². The van der Waals surface area contributed by atoms with Gasteiger partial charge in [-0.3, -0.25) is 0 Å². The van der Waals surface area contributed by atoms with Crippen LogP contribution in [-0.4, -0.2) is 30.2 Å². The molecule has 88 valence electrons. The molecular weight excluding hydrogens is 289 g/mol. The summed E-state index contributed by atoms with van der Waals surface area (Å²) in [5.74, 6) is 0.880. The number of anilines is 1. The van der Waals surface area contributed by atoms with E-state index in [1.165, 1.54) is 0 Å². The zero-order valence-electron chi connectivity index (χ0n) is 9.37. The fraction of sp³-hybridized carbons (Fsp3) is 0.545. The number of pyridine rings is 1. The van der Waals surface area contributed by atoms with Crippen LogP contribution in [0.25, 0.3) is 0 Å². The summed E-state index contributed by atoms with van der Waals surface area (Å²) in [6.07, 6.45) is 1.79. The Morgan fingerprint density at radius 2 is 2.31 bits per heavy atom. The molecule has 1 aromatic heterocycles. The lowest BCUT2D eigenvalue weighted by atomic mass is 10.1. The maximum Gasteiger partial charge on any atom is 0.147 e. The van der Waals surface area contributed by atoms with Crippen molar-refractivity contribution in [2.75, 3.05) is 18.0 Å². The number of aromatic nitrogens is 1. The highest BCUT2D eigenvalue weighted by Gasteiger charge is 2.24. The number of nitrogens with one attached hydrogen (secondary N) is 1. The molecule has 1 N–H and O–H groups in total. The van der Waals surface area contributed by atoms with Crippen LogP contribution < -0.4 is 10.2 Å². The largest absolute Gasteiger partial charge is 0.350 e. The van der Waals surface area contributed by atoms with Crippen LogP contribution in [0.1, 0.15) is 13.8 Å². The molecule has 0 saturated carbocycles. The minimum atomic E-state index is 0.419. The lowest BCUT2D eigenvalue weighted by molar-refractivity contribution is 0.422. The predicted octanol–water partition coefficient (Wildman–Crippen LogP) is 2.68. The summed E-state index contributed by atoms with van der Waals surface area (Å²) < 4.78 is 0.914. The second-order valence-electron chi connectivity index (χ2n) is 4.27. The lowest BCUT2D eigenvalue weighted by Gasteiger charge is -2.38. The summed E-state index contributed by atoms with van der Waals surface area (Å²) in [6.45, 7) is 6.26. The van der Waals surface area contributed by atoms with Crippen LogP contribution in [0.3, 0.4) is 0 Å². The molecule has 0 aromatic carbocycles. The van der Waals surface area contributed by atoms with E-state index in [0.29, 0.717) is 17.1 Å². The van der Waals surface area contributed by atoms with Crippen LogP contribution in [-0.2, 0) is 0 Å². The highest BCUT2D eigenvalue weighted by molar-refractivity contribution is 9.10. The number of hydrogen-bond donors (Lipinski definition) is 1. The first-order valence-electron chi connectivity index (χ1n) is 5.39. The van der Waals surface area contributed by atoms with Gasteiger partial charge in [-0.05, 0) is 35.8 Å². The molecular formula is C11H15BrClN3. The first-order valence-corrected chi connectivity index (χ1v) is 6.56. The van der Waals surface area contributed by atoms with E-state index in [4.69, 9.17) is 11.6 Å². The van der Waals surface area contributed by atoms with Crippen molar-refractivity contribution in [2.45, 2.75) is 25.9 Å². The Kier molecular flexibility index (Phi) is 3.72. The Labute approximate surface area is 109 Å². The summed E-state index contributed by atoms with van der Waals surface area (Å²) >= 11 is 9.59. The second-order valence-corrected chi connectivity index (χ2v) is 5.59. The average molecular weight is 305 g/mol. The lowest BCUT2D eigenvalue weighted by Crippen LogP contribution is -2.54. The van der Waals surface area contributed by atoms with Gasteiger partial charge in [0.1, 0.15) is 5.82 Å². The molecule has 0 bridgehead atoms. The van der Waals surface area contributed by atoms with Gasteiger partial charge in [-0.15, -0.1) is 0 Å². The van der Waals surface area contributed by atoms with E-state index in [2.05, 4.69) is 45.0 Å². The van der Waals surface area contributed by atoms with Crippen molar-refractivity contribution in [3.63, 3.8) is 0 Å². The molecule has 16 heavy (non-hydrogen) atoms. The first-order chi connectivity index (χ1) is 7.58. The molecule has 5 heteroatoms. The third-order valence-corrected chi connectivity index (χ3v) is 3.54. The molecule has 2 atom stereocenters. The molecule has 2 unspecified atom stereocenters. The third-order valence-electron chi connectivity index (χ3n) is 2.82. The number of hydrogen-bond acceptors (Lipinski definition) is 3. The fourth-order valence-electron chi connectivity index (χ4n) is 1.94. The molecule has 0 radical (unpaired) electrons. The maximum atomic E-state index is 6.22. The smallest absolute Gasteiger partial charge is 0.147 e. The quantitative estimate of drug-likeness (QED) is 0.864. The van der Waals surface area contributed by atoms with Gasteiger partial charge >= 0.3 is 0 Å². The van der Waals surface area contributed by atoms with Crippen molar-refractivity contribution in [3.8, 4) is 0 Å². The Morgan fingerprint density at radius 3 is 3.00 bits per heavy atom. The summed E-state index contributed by atoms with van der Waals surface area (Å²) in [5, 5.41) is 4.14. The van der Waals surface area contributed by atoms with Crippen molar-refractivity contribution in [1.82, 2.24) is 10.3 Å². The molecule has 1 aliphatic heterocycles. The molecule has 0 spiro atoms. The van der Waals surface area contributed by atoms with E-state index >= 15 is 0 Å². The number of piperazine rings is 1. The minimum Gasteiger partial charge on any atom is -0.350 e. The standard InChI is InChI=1S/C11H15BrClN3/c1-7-6-16(8(2)4-14-7)11-10(13)3-9(12)5-15-11/h3,5,7-8,14H,4,6H2,1-2H3. The number of halogens is 2. The molecule has 0 aliphatic carbocycles. The van der Waals surface area contributed by atoms with Gasteiger partial charge in [-0.2, -0.15) is 0 Å². The summed E-state index contributed by atoms with van der Waals surface area (Å²) in [4.78, 5) is 6.67. The molecule has 1 saturated heterocycles. The predicted molar refractivity (Wildman–Crippen MR) is 71.2 cm³/mol. The zero-order valence-corrected chi connectivity index (χ0v) is 11.7. The zero-order chi connectivity index (χ0) is 11.7. The Morgan fingerprint density at radius 1 is 1.56 bits per heavy atom. The minimum absolute atomic E-state index is 0.419. The first kappa shape index (κ1) is 12.1. The van der Waals surface area contributed by atoms with Crippen LogP contribution in [0.4, 0.5) is 5.82 Å². The normalized spacial score (nSPS) is 25.9. The second kappa shape index (κ2) is 4.90. The van der Waals surface area contributed by atoms with E-state index in [1.54, 1.807) is 6.20 Å². The summed E-state index contributed by atoms with van der Waals surface area (Å²) in [5.41, 5.74) is 0. The van der Waals surface area contributed by atoms with Crippen LogP contribution >= 0.6 is 27.5 Å². The molecule has 0 amide bonds. The van der Waals surface area contributed by atoms with Gasteiger partial charge in [-0.25, -0.2) is 4.98 Å². The van der Waals surface area contributed by atoms with Gasteiger partial charge in [0.05, 0.1) is 5.02 Å². The van der Waals surface area contributed by atoms with Gasteiger partial charge in [0, 0.05) is 35.8 Å². The van der Waals surface area contributed by atoms with Crippen molar-refractivity contribution < 1.29 is 0 Å². The molecule has 2 rings (SSSR count). The monoisotopic (exact) mass is 303 g/mol. The molecule has 1 aromatic rings. The van der Waals surface area contributed by atoms with Crippen LogP contribution in [0.15, 0.2) is 16.7 Å². The Hall–Kier alpha value is -0.320. The molecule has 1 fully saturated rings. The Balaban J connectivity index is 2.28. The summed E-state index contributed by atoms with van der Waals surface area (Å²) in [7, 11) is 0. The SMILES string of the molecule is CC1CN(c2ncc(Br)cc2Cl)C(C)CN1. The topological polar surface area (TPSA) is 28.2 Å². The molecule has 1 aliphatic rings. The van der Waals surface area contributed by atoms with E-state index < -0.39 is 0 Å². The highest BCUT2D eigenvalue weighted by atomic mass is 79.9. The van der Waals surface area contributed by atoms with Crippen molar-refractivity contribution in [2.24, 2.45) is 0 Å². The van der Waals surface area contributed by atoms with Crippen molar-refractivity contribution >= 4 is 33.3 Å². The van der Waals surface area contributed by atoms with Crippen molar-refractivity contribution in [1.29, 1.82) is 0 Å². The Bertz CT molecular complexity index is 385. The van der Waals surface area contributed by atoms with Crippen molar-refractivity contribution in [3.05, 3.63) is 21.8 Å². The summed E-state index contributed by atoms with van der Waals surface area (Å²) in [6, 6.07) is 2.78. The van der Waals surface area contributed by atoms with Gasteiger partial charge in [0.15, 0.2) is 0 Å². The van der Waals surface area contributed by atoms with Crippen LogP contribution in [0.5, 0.6) is 0 Å². The van der Waals surface area contributed by atoms with Gasteiger partial charge in [-0.1, -0.05) is 11.6 Å². The maximum absolute atomic E-state index is 6.22. The van der Waals surface area contributed by atoms with Crippen LogP contribution in [0, 0.1) is 0 Å². The third kappa shape index (κ3) is 2.50. The van der Waals surface area contributed by atoms with Gasteiger partial charge < -0.3 is 10.2 Å². The molecule has 3 nitrogen and oxygen atoms in total. The van der Waals surface area contributed by atoms with E-state index in [1.807, 2.05) is 6.07 Å². The molecule has 2 heterocycles.